The molecule has 0 bridgehead atoms. The minimum atomic E-state index is -0.287. The number of nitrogens with zero attached hydrogens (tertiary/aromatic N) is 1. The molecule has 1 aromatic heterocycles. The van der Waals surface area contributed by atoms with Crippen molar-refractivity contribution in [2.75, 3.05) is 6.54 Å². The van der Waals surface area contributed by atoms with Crippen LogP contribution in [0.3, 0.4) is 0 Å². The molecule has 0 atom stereocenters. The summed E-state index contributed by atoms with van der Waals surface area (Å²) in [6.07, 6.45) is 1.08. The zero-order chi connectivity index (χ0) is 14.5. The standard InChI is InChI=1S/C15H17FN2OS/c1-10-14(20-11(2)18-10)7-8-17-15(19)9-12-3-5-13(16)6-4-12/h3-6H,7-9H2,1-2H3,(H,17,19). The van der Waals surface area contributed by atoms with Crippen molar-refractivity contribution in [3.8, 4) is 0 Å². The molecule has 1 aromatic carbocycles. The van der Waals surface area contributed by atoms with Crippen LogP contribution in [0, 0.1) is 19.7 Å². The van der Waals surface area contributed by atoms with Gasteiger partial charge in [-0.1, -0.05) is 12.1 Å². The van der Waals surface area contributed by atoms with Crippen molar-refractivity contribution >= 4 is 17.2 Å². The monoisotopic (exact) mass is 292 g/mol. The highest BCUT2D eigenvalue weighted by Crippen LogP contribution is 2.17. The number of amides is 1. The molecule has 1 N–H and O–H groups in total. The highest BCUT2D eigenvalue weighted by atomic mass is 32.1. The Morgan fingerprint density at radius 1 is 1.30 bits per heavy atom. The van der Waals surface area contributed by atoms with Gasteiger partial charge in [-0.3, -0.25) is 4.79 Å². The zero-order valence-corrected chi connectivity index (χ0v) is 12.4. The van der Waals surface area contributed by atoms with Crippen LogP contribution in [0.5, 0.6) is 0 Å². The predicted octanol–water partition coefficient (Wildman–Crippen LogP) is 2.80. The molecule has 20 heavy (non-hydrogen) atoms. The van der Waals surface area contributed by atoms with E-state index in [1.54, 1.807) is 23.5 Å². The number of thiazole rings is 1. The van der Waals surface area contributed by atoms with Crippen LogP contribution in [-0.4, -0.2) is 17.4 Å². The molecule has 1 heterocycles. The third-order valence-electron chi connectivity index (χ3n) is 2.95. The molecule has 0 aliphatic rings. The zero-order valence-electron chi connectivity index (χ0n) is 11.6. The molecule has 1 amide bonds. The largest absolute Gasteiger partial charge is 0.355 e. The number of carbonyl (C=O) groups is 1. The summed E-state index contributed by atoms with van der Waals surface area (Å²) in [6, 6.07) is 6.00. The van der Waals surface area contributed by atoms with Crippen molar-refractivity contribution < 1.29 is 9.18 Å². The molecule has 0 radical (unpaired) electrons. The van der Waals surface area contributed by atoms with Gasteiger partial charge < -0.3 is 5.32 Å². The van der Waals surface area contributed by atoms with Gasteiger partial charge in [-0.25, -0.2) is 9.37 Å². The van der Waals surface area contributed by atoms with Crippen LogP contribution in [0.4, 0.5) is 4.39 Å². The Labute approximate surface area is 121 Å². The smallest absolute Gasteiger partial charge is 0.224 e. The Morgan fingerprint density at radius 2 is 2.00 bits per heavy atom. The maximum atomic E-state index is 12.7. The summed E-state index contributed by atoms with van der Waals surface area (Å²) in [6.45, 7) is 4.57. The number of aromatic nitrogens is 1. The summed E-state index contributed by atoms with van der Waals surface area (Å²) < 4.78 is 12.7. The maximum Gasteiger partial charge on any atom is 0.224 e. The molecule has 0 aliphatic heterocycles. The molecule has 3 nitrogen and oxygen atoms in total. The summed E-state index contributed by atoms with van der Waals surface area (Å²) in [5, 5.41) is 3.93. The fraction of sp³-hybridized carbons (Fsp3) is 0.333. The first-order chi connectivity index (χ1) is 9.54. The number of halogens is 1. The van der Waals surface area contributed by atoms with Crippen LogP contribution in [0.15, 0.2) is 24.3 Å². The van der Waals surface area contributed by atoms with Crippen LogP contribution in [0.1, 0.15) is 21.1 Å². The second-order valence-corrected chi connectivity index (χ2v) is 5.93. The van der Waals surface area contributed by atoms with Crippen LogP contribution >= 0.6 is 11.3 Å². The van der Waals surface area contributed by atoms with E-state index in [-0.39, 0.29) is 18.1 Å². The molecule has 0 fully saturated rings. The average molecular weight is 292 g/mol. The highest BCUT2D eigenvalue weighted by Gasteiger charge is 2.06. The maximum absolute atomic E-state index is 12.7. The van der Waals surface area contributed by atoms with Gasteiger partial charge in [0.1, 0.15) is 5.82 Å². The lowest BCUT2D eigenvalue weighted by atomic mass is 10.1. The average Bonchev–Trinajstić information content (AvgIpc) is 2.71. The molecule has 2 rings (SSSR count). The van der Waals surface area contributed by atoms with Crippen molar-refractivity contribution in [1.29, 1.82) is 0 Å². The normalized spacial score (nSPS) is 10.6. The number of hydrogen-bond donors (Lipinski definition) is 1. The molecular weight excluding hydrogens is 275 g/mol. The van der Waals surface area contributed by atoms with Crippen LogP contribution in [0.2, 0.25) is 0 Å². The van der Waals surface area contributed by atoms with Gasteiger partial charge in [-0.15, -0.1) is 11.3 Å². The summed E-state index contributed by atoms with van der Waals surface area (Å²) >= 11 is 1.67. The second kappa shape index (κ2) is 6.61. The van der Waals surface area contributed by atoms with E-state index in [0.29, 0.717) is 6.54 Å². The summed E-state index contributed by atoms with van der Waals surface area (Å²) in [7, 11) is 0. The van der Waals surface area contributed by atoms with Gasteiger partial charge in [0.05, 0.1) is 17.1 Å². The van der Waals surface area contributed by atoms with Crippen molar-refractivity contribution in [3.63, 3.8) is 0 Å². The Balaban J connectivity index is 1.78. The number of hydrogen-bond acceptors (Lipinski definition) is 3. The Kier molecular flexibility index (Phi) is 4.84. The lowest BCUT2D eigenvalue weighted by molar-refractivity contribution is -0.120. The molecule has 2 aromatic rings. The highest BCUT2D eigenvalue weighted by molar-refractivity contribution is 7.11. The fourth-order valence-corrected chi connectivity index (χ4v) is 2.91. The molecule has 0 saturated carbocycles. The SMILES string of the molecule is Cc1nc(C)c(CCNC(=O)Cc2ccc(F)cc2)s1. The van der Waals surface area contributed by atoms with Crippen LogP contribution in [0.25, 0.3) is 0 Å². The van der Waals surface area contributed by atoms with Gasteiger partial charge in [0, 0.05) is 17.8 Å². The lowest BCUT2D eigenvalue weighted by Gasteiger charge is -2.05. The van der Waals surface area contributed by atoms with E-state index in [9.17, 15) is 9.18 Å². The molecule has 0 spiro atoms. The van der Waals surface area contributed by atoms with Gasteiger partial charge in [0.15, 0.2) is 0 Å². The first kappa shape index (κ1) is 14.7. The van der Waals surface area contributed by atoms with Gasteiger partial charge >= 0.3 is 0 Å². The first-order valence-electron chi connectivity index (χ1n) is 6.48. The van der Waals surface area contributed by atoms with E-state index >= 15 is 0 Å². The molecule has 106 valence electrons. The van der Waals surface area contributed by atoms with E-state index in [4.69, 9.17) is 0 Å². The summed E-state index contributed by atoms with van der Waals surface area (Å²) in [4.78, 5) is 17.3. The van der Waals surface area contributed by atoms with Crippen molar-refractivity contribution in [2.24, 2.45) is 0 Å². The van der Waals surface area contributed by atoms with E-state index in [1.165, 1.54) is 17.0 Å². The van der Waals surface area contributed by atoms with Gasteiger partial charge in [0.25, 0.3) is 0 Å². The molecular formula is C15H17FN2OS. The van der Waals surface area contributed by atoms with Gasteiger partial charge in [-0.05, 0) is 31.5 Å². The second-order valence-electron chi connectivity index (χ2n) is 4.64. The van der Waals surface area contributed by atoms with Gasteiger partial charge in [0.2, 0.25) is 5.91 Å². The molecule has 0 aliphatic carbocycles. The van der Waals surface area contributed by atoms with E-state index < -0.39 is 0 Å². The number of aryl methyl sites for hydroxylation is 2. The number of carbonyl (C=O) groups excluding carboxylic acids is 1. The Morgan fingerprint density at radius 3 is 2.60 bits per heavy atom. The number of benzene rings is 1. The van der Waals surface area contributed by atoms with Gasteiger partial charge in [-0.2, -0.15) is 0 Å². The fourth-order valence-electron chi connectivity index (χ4n) is 1.97. The third kappa shape index (κ3) is 4.13. The lowest BCUT2D eigenvalue weighted by Crippen LogP contribution is -2.27. The summed E-state index contributed by atoms with van der Waals surface area (Å²) in [5.74, 6) is -0.333. The topological polar surface area (TPSA) is 42.0 Å². The number of nitrogens with one attached hydrogen (secondary N) is 1. The first-order valence-corrected chi connectivity index (χ1v) is 7.30. The minimum Gasteiger partial charge on any atom is -0.355 e. The van der Waals surface area contributed by atoms with E-state index in [2.05, 4.69) is 10.3 Å². The predicted molar refractivity (Wildman–Crippen MR) is 78.4 cm³/mol. The third-order valence-corrected chi connectivity index (χ3v) is 4.08. The Bertz CT molecular complexity index is 592. The summed E-state index contributed by atoms with van der Waals surface area (Å²) in [5.41, 5.74) is 1.86. The van der Waals surface area contributed by atoms with E-state index in [1.807, 2.05) is 13.8 Å². The quantitative estimate of drug-likeness (QED) is 0.920. The van der Waals surface area contributed by atoms with Crippen LogP contribution in [-0.2, 0) is 17.6 Å². The molecule has 0 unspecified atom stereocenters. The molecule has 5 heteroatoms. The van der Waals surface area contributed by atoms with Crippen molar-refractivity contribution in [3.05, 3.63) is 51.2 Å². The van der Waals surface area contributed by atoms with Crippen molar-refractivity contribution in [1.82, 2.24) is 10.3 Å². The van der Waals surface area contributed by atoms with E-state index in [0.717, 1.165) is 22.7 Å². The van der Waals surface area contributed by atoms with Crippen LogP contribution < -0.4 is 5.32 Å². The minimum absolute atomic E-state index is 0.0458. The number of rotatable bonds is 5. The van der Waals surface area contributed by atoms with Crippen molar-refractivity contribution in [2.45, 2.75) is 26.7 Å². The molecule has 0 saturated heterocycles. The Hall–Kier alpha value is -1.75.